The van der Waals surface area contributed by atoms with Crippen molar-refractivity contribution in [3.8, 4) is 0 Å². The third-order valence-electron chi connectivity index (χ3n) is 9.73. The number of piperidine rings is 2. The molecule has 4 rings (SSSR count). The van der Waals surface area contributed by atoms with Gasteiger partial charge in [0.2, 0.25) is 0 Å². The van der Waals surface area contributed by atoms with Crippen LogP contribution in [0, 0.1) is 11.8 Å². The van der Waals surface area contributed by atoms with E-state index in [1.165, 1.54) is 64.0 Å². The molecule has 1 unspecified atom stereocenters. The summed E-state index contributed by atoms with van der Waals surface area (Å²) in [5.41, 5.74) is 7.76. The van der Waals surface area contributed by atoms with Crippen LogP contribution in [0.2, 0.25) is 0 Å². The van der Waals surface area contributed by atoms with Gasteiger partial charge < -0.3 is 26.2 Å². The molecule has 1 atom stereocenters. The number of carbonyl (C=O) groups is 2. The fraction of sp³-hybridized carbons (Fsp3) is 0.784. The monoisotopic (exact) mass is 629 g/mol. The summed E-state index contributed by atoms with van der Waals surface area (Å²) in [6, 6.07) is 8.74. The highest BCUT2D eigenvalue weighted by atomic mass is 16.1. The highest BCUT2D eigenvalue weighted by Gasteiger charge is 2.22. The van der Waals surface area contributed by atoms with E-state index in [0.717, 1.165) is 89.4 Å². The molecule has 1 aromatic rings. The lowest BCUT2D eigenvalue weighted by atomic mass is 9.89. The lowest BCUT2D eigenvalue weighted by Crippen LogP contribution is -2.39. The number of nitrogens with zero attached hydrogens (tertiary/aromatic N) is 3. The normalized spacial score (nSPS) is 19.3. The van der Waals surface area contributed by atoms with Crippen molar-refractivity contribution >= 4 is 17.3 Å². The van der Waals surface area contributed by atoms with Crippen LogP contribution in [-0.4, -0.2) is 107 Å². The molecule has 0 aliphatic carbocycles. The smallest absolute Gasteiger partial charge is 0.166 e. The molecular weight excluding hydrogens is 560 g/mol. The molecule has 3 aliphatic heterocycles. The van der Waals surface area contributed by atoms with Gasteiger partial charge in [-0.1, -0.05) is 26.7 Å². The molecule has 3 saturated heterocycles. The Hall–Kier alpha value is -1.84. The van der Waals surface area contributed by atoms with Crippen molar-refractivity contribution in [2.24, 2.45) is 17.6 Å². The van der Waals surface area contributed by atoms with Crippen LogP contribution >= 0.6 is 0 Å². The van der Waals surface area contributed by atoms with Gasteiger partial charge in [-0.2, -0.15) is 0 Å². The zero-order valence-corrected chi connectivity index (χ0v) is 29.6. The Morgan fingerprint density at radius 2 is 1.49 bits per heavy atom. The number of benzene rings is 1. The van der Waals surface area contributed by atoms with E-state index < -0.39 is 0 Å². The predicted molar refractivity (Wildman–Crippen MR) is 191 cm³/mol. The van der Waals surface area contributed by atoms with Gasteiger partial charge >= 0.3 is 0 Å². The van der Waals surface area contributed by atoms with Gasteiger partial charge in [0, 0.05) is 62.2 Å². The Morgan fingerprint density at radius 3 is 2.04 bits per heavy atom. The highest BCUT2D eigenvalue weighted by molar-refractivity contribution is 5.98. The second kappa shape index (κ2) is 23.5. The molecule has 258 valence electrons. The van der Waals surface area contributed by atoms with Crippen LogP contribution in [0.4, 0.5) is 5.69 Å². The van der Waals surface area contributed by atoms with E-state index in [2.05, 4.69) is 60.2 Å². The van der Waals surface area contributed by atoms with E-state index in [1.807, 2.05) is 24.3 Å². The molecule has 0 radical (unpaired) electrons. The number of carbonyl (C=O) groups excluding carboxylic acids is 2. The first-order valence-corrected chi connectivity index (χ1v) is 18.3. The van der Waals surface area contributed by atoms with Crippen LogP contribution in [0.5, 0.6) is 0 Å². The van der Waals surface area contributed by atoms with E-state index in [4.69, 9.17) is 5.73 Å². The fourth-order valence-corrected chi connectivity index (χ4v) is 6.55. The van der Waals surface area contributed by atoms with Crippen molar-refractivity contribution in [1.29, 1.82) is 0 Å². The minimum atomic E-state index is 0.209. The summed E-state index contributed by atoms with van der Waals surface area (Å²) in [5, 5.41) is 6.55. The summed E-state index contributed by atoms with van der Waals surface area (Å²) in [7, 11) is 4.29. The zero-order chi connectivity index (χ0) is 32.9. The second-order valence-corrected chi connectivity index (χ2v) is 13.3. The van der Waals surface area contributed by atoms with Crippen molar-refractivity contribution < 1.29 is 9.59 Å². The standard InChI is InChI=1S/C15H22N2O.C13H29N3.C9H17NO/c1-3-17(2)14-6-4-12(5-7-14)15(18)13-8-10-16-11-9-13;1-3-4-6-13(7-8-14)16-10-5-9-15(2)11-12-16;1-2-3-9(11)8-4-6-10-7-5-8/h4-7,13,16H,3,8-11H2,1-2H3;13H,3-12,14H2,1-2H3;8,10H,2-7H2,1H3. The summed E-state index contributed by atoms with van der Waals surface area (Å²) >= 11 is 0. The Balaban J connectivity index is 0.000000242. The van der Waals surface area contributed by atoms with Gasteiger partial charge in [0.15, 0.2) is 5.78 Å². The molecule has 0 aromatic heterocycles. The van der Waals surface area contributed by atoms with Crippen molar-refractivity contribution in [2.75, 3.05) is 84.4 Å². The Morgan fingerprint density at radius 1 is 0.867 bits per heavy atom. The van der Waals surface area contributed by atoms with Crippen LogP contribution in [0.25, 0.3) is 0 Å². The van der Waals surface area contributed by atoms with E-state index >= 15 is 0 Å². The number of hydrogen-bond acceptors (Lipinski definition) is 8. The molecule has 0 spiro atoms. The van der Waals surface area contributed by atoms with Crippen LogP contribution < -0.4 is 21.3 Å². The topological polar surface area (TPSA) is 93.9 Å². The Labute approximate surface area is 276 Å². The van der Waals surface area contributed by atoms with Crippen molar-refractivity contribution in [3.05, 3.63) is 29.8 Å². The number of nitrogens with two attached hydrogens (primary N) is 1. The minimum Gasteiger partial charge on any atom is -0.375 e. The molecule has 8 heteroatoms. The van der Waals surface area contributed by atoms with Gasteiger partial charge in [-0.25, -0.2) is 0 Å². The number of Topliss-reactive ketones (excluding diaryl/α,β-unsaturated/α-hetero) is 2. The van der Waals surface area contributed by atoms with Crippen LogP contribution in [-0.2, 0) is 4.79 Å². The maximum absolute atomic E-state index is 12.3. The number of nitrogens with one attached hydrogen (secondary N) is 2. The average molecular weight is 629 g/mol. The van der Waals surface area contributed by atoms with Crippen LogP contribution in [0.1, 0.15) is 102 Å². The summed E-state index contributed by atoms with van der Waals surface area (Å²) in [6.45, 7) is 17.2. The van der Waals surface area contributed by atoms with Crippen LogP contribution in [0.15, 0.2) is 24.3 Å². The van der Waals surface area contributed by atoms with E-state index in [0.29, 0.717) is 17.5 Å². The first-order chi connectivity index (χ1) is 21.8. The third kappa shape index (κ3) is 15.1. The molecule has 8 nitrogen and oxygen atoms in total. The maximum Gasteiger partial charge on any atom is 0.166 e. The fourth-order valence-electron chi connectivity index (χ4n) is 6.55. The van der Waals surface area contributed by atoms with E-state index in [1.54, 1.807) is 0 Å². The van der Waals surface area contributed by atoms with E-state index in [9.17, 15) is 9.59 Å². The first-order valence-electron chi connectivity index (χ1n) is 18.3. The van der Waals surface area contributed by atoms with Gasteiger partial charge in [0.25, 0.3) is 0 Å². The molecule has 3 heterocycles. The van der Waals surface area contributed by atoms with Gasteiger partial charge in [-0.05, 0) is 135 Å². The highest BCUT2D eigenvalue weighted by Crippen LogP contribution is 2.21. The molecule has 45 heavy (non-hydrogen) atoms. The average Bonchev–Trinajstić information content (AvgIpc) is 3.31. The van der Waals surface area contributed by atoms with Crippen LogP contribution in [0.3, 0.4) is 0 Å². The zero-order valence-electron chi connectivity index (χ0n) is 29.6. The number of ketones is 2. The first kappa shape index (κ1) is 39.3. The maximum atomic E-state index is 12.3. The molecule has 0 bridgehead atoms. The Kier molecular flexibility index (Phi) is 20.5. The van der Waals surface area contributed by atoms with Crippen molar-refractivity contribution in [3.63, 3.8) is 0 Å². The molecule has 0 amide bonds. The molecule has 4 N–H and O–H groups in total. The van der Waals surface area contributed by atoms with Gasteiger partial charge in [-0.3, -0.25) is 14.5 Å². The lowest BCUT2D eigenvalue weighted by Gasteiger charge is -2.30. The molecular formula is C37H68N6O2. The van der Waals surface area contributed by atoms with Gasteiger partial charge in [-0.15, -0.1) is 0 Å². The van der Waals surface area contributed by atoms with Crippen molar-refractivity contribution in [1.82, 2.24) is 20.4 Å². The summed E-state index contributed by atoms with van der Waals surface area (Å²) < 4.78 is 0. The predicted octanol–water partition coefficient (Wildman–Crippen LogP) is 5.21. The lowest BCUT2D eigenvalue weighted by molar-refractivity contribution is -0.123. The largest absolute Gasteiger partial charge is 0.375 e. The number of unbranched alkanes of at least 4 members (excludes halogenated alkanes) is 1. The summed E-state index contributed by atoms with van der Waals surface area (Å²) in [5.74, 6) is 1.37. The number of likely N-dealkylation sites (N-methyl/N-ethyl adjacent to an activating group) is 1. The van der Waals surface area contributed by atoms with E-state index in [-0.39, 0.29) is 5.92 Å². The molecule has 0 saturated carbocycles. The van der Waals surface area contributed by atoms with Gasteiger partial charge in [0.1, 0.15) is 5.78 Å². The second-order valence-electron chi connectivity index (χ2n) is 13.3. The van der Waals surface area contributed by atoms with Gasteiger partial charge in [0.05, 0.1) is 0 Å². The summed E-state index contributed by atoms with van der Waals surface area (Å²) in [4.78, 5) is 31.0. The molecule has 1 aromatic carbocycles. The minimum absolute atomic E-state index is 0.209. The SMILES string of the molecule is CCCC(=O)C1CCNCC1.CCCCC(CCN)N1CCCN(C)CC1.CCN(C)c1ccc(C(=O)C2CCNCC2)cc1. The quantitative estimate of drug-likeness (QED) is 0.257. The Bertz CT molecular complexity index is 912. The number of anilines is 1. The third-order valence-corrected chi connectivity index (χ3v) is 9.73. The molecule has 3 aliphatic rings. The van der Waals surface area contributed by atoms with Crippen molar-refractivity contribution in [2.45, 2.75) is 97.4 Å². The molecule has 3 fully saturated rings. The number of rotatable bonds is 13. The number of hydrogen-bond donors (Lipinski definition) is 3. The summed E-state index contributed by atoms with van der Waals surface area (Å²) in [6.07, 6.45) is 12.3.